The maximum Gasteiger partial charge on any atom is 0.186 e. The summed E-state index contributed by atoms with van der Waals surface area (Å²) in [6.07, 6.45) is -10.0. The summed E-state index contributed by atoms with van der Waals surface area (Å²) in [6.45, 7) is 0.540. The smallest absolute Gasteiger partial charge is 0.186 e. The number of rotatable bonds is 5. The standard InChI is InChI=1S/C13H22O10/c14-6-3-21-13(10(17)8(6)15)23-7-4-22-12(11(18)9(7)16)20-2-5-1-19-5/h5-18H,1-4H2/t5?,6-,7-,8+,9+,10-,11-,12-,13+/m1/s1. The van der Waals surface area contributed by atoms with Gasteiger partial charge in [0.25, 0.3) is 0 Å². The Labute approximate surface area is 132 Å². The van der Waals surface area contributed by atoms with Crippen molar-refractivity contribution in [1.82, 2.24) is 0 Å². The number of hydrogen-bond acceptors (Lipinski definition) is 10. The molecular weight excluding hydrogens is 316 g/mol. The van der Waals surface area contributed by atoms with Crippen LogP contribution in [0.25, 0.3) is 0 Å². The van der Waals surface area contributed by atoms with Gasteiger partial charge in [0.05, 0.1) is 26.4 Å². The minimum atomic E-state index is -1.48. The Hall–Kier alpha value is -0.400. The molecule has 0 aromatic rings. The second-order valence-electron chi connectivity index (χ2n) is 5.90. The van der Waals surface area contributed by atoms with Crippen LogP contribution in [0.2, 0.25) is 0 Å². The van der Waals surface area contributed by atoms with Crippen molar-refractivity contribution in [3.05, 3.63) is 0 Å². The van der Waals surface area contributed by atoms with Crippen LogP contribution in [-0.2, 0) is 23.7 Å². The van der Waals surface area contributed by atoms with E-state index >= 15 is 0 Å². The van der Waals surface area contributed by atoms with Crippen molar-refractivity contribution in [1.29, 1.82) is 0 Å². The molecule has 0 bridgehead atoms. The van der Waals surface area contributed by atoms with E-state index in [1.807, 2.05) is 0 Å². The molecule has 23 heavy (non-hydrogen) atoms. The van der Waals surface area contributed by atoms with Crippen LogP contribution in [0.1, 0.15) is 0 Å². The molecule has 0 saturated carbocycles. The lowest BCUT2D eigenvalue weighted by atomic mass is 10.0. The molecule has 10 heteroatoms. The molecule has 10 nitrogen and oxygen atoms in total. The molecule has 0 amide bonds. The molecule has 9 atom stereocenters. The Morgan fingerprint density at radius 2 is 1.39 bits per heavy atom. The van der Waals surface area contributed by atoms with Crippen molar-refractivity contribution in [2.24, 2.45) is 0 Å². The lowest BCUT2D eigenvalue weighted by Crippen LogP contribution is -2.59. The zero-order valence-electron chi connectivity index (χ0n) is 12.3. The van der Waals surface area contributed by atoms with Crippen LogP contribution >= 0.6 is 0 Å². The van der Waals surface area contributed by atoms with Gasteiger partial charge in [-0.05, 0) is 0 Å². The van der Waals surface area contributed by atoms with Gasteiger partial charge in [0, 0.05) is 0 Å². The van der Waals surface area contributed by atoms with E-state index in [2.05, 4.69) is 0 Å². The highest BCUT2D eigenvalue weighted by Gasteiger charge is 2.45. The molecule has 0 spiro atoms. The number of aliphatic hydroxyl groups excluding tert-OH is 5. The Bertz CT molecular complexity index is 391. The highest BCUT2D eigenvalue weighted by molar-refractivity contribution is 4.88. The van der Waals surface area contributed by atoms with Crippen LogP contribution in [0.3, 0.4) is 0 Å². The third-order valence-corrected chi connectivity index (χ3v) is 4.05. The Kier molecular flexibility index (Phi) is 5.48. The van der Waals surface area contributed by atoms with Gasteiger partial charge in [0.2, 0.25) is 0 Å². The normalized spacial score (nSPS) is 50.7. The van der Waals surface area contributed by atoms with E-state index in [1.165, 1.54) is 0 Å². The van der Waals surface area contributed by atoms with Gasteiger partial charge in [-0.25, -0.2) is 0 Å². The van der Waals surface area contributed by atoms with Gasteiger partial charge in [0.15, 0.2) is 12.6 Å². The van der Waals surface area contributed by atoms with Crippen molar-refractivity contribution >= 4 is 0 Å². The summed E-state index contributed by atoms with van der Waals surface area (Å²) < 4.78 is 26.1. The predicted molar refractivity (Wildman–Crippen MR) is 70.1 cm³/mol. The average molecular weight is 338 g/mol. The lowest BCUT2D eigenvalue weighted by Gasteiger charge is -2.41. The summed E-state index contributed by atoms with van der Waals surface area (Å²) >= 11 is 0. The highest BCUT2D eigenvalue weighted by Crippen LogP contribution is 2.24. The van der Waals surface area contributed by atoms with Gasteiger partial charge in [-0.1, -0.05) is 0 Å². The first-order chi connectivity index (χ1) is 11.0. The van der Waals surface area contributed by atoms with Gasteiger partial charge < -0.3 is 49.2 Å². The molecule has 3 aliphatic rings. The topological polar surface area (TPSA) is 151 Å². The van der Waals surface area contributed by atoms with Crippen LogP contribution in [0.15, 0.2) is 0 Å². The number of hydrogen-bond donors (Lipinski definition) is 5. The van der Waals surface area contributed by atoms with Gasteiger partial charge in [-0.15, -0.1) is 0 Å². The largest absolute Gasteiger partial charge is 0.388 e. The van der Waals surface area contributed by atoms with E-state index in [0.29, 0.717) is 6.61 Å². The Morgan fingerprint density at radius 1 is 0.739 bits per heavy atom. The van der Waals surface area contributed by atoms with Crippen LogP contribution in [0.5, 0.6) is 0 Å². The number of epoxide rings is 1. The fourth-order valence-corrected chi connectivity index (χ4v) is 2.47. The van der Waals surface area contributed by atoms with Gasteiger partial charge >= 0.3 is 0 Å². The van der Waals surface area contributed by atoms with Gasteiger partial charge in [-0.2, -0.15) is 0 Å². The van der Waals surface area contributed by atoms with Crippen LogP contribution in [0, 0.1) is 0 Å². The number of aliphatic hydroxyl groups is 5. The first-order valence-electron chi connectivity index (χ1n) is 7.49. The van der Waals surface area contributed by atoms with Crippen LogP contribution in [-0.4, -0.2) is 107 Å². The summed E-state index contributed by atoms with van der Waals surface area (Å²) in [5.74, 6) is 0. The quantitative estimate of drug-likeness (QED) is 0.317. The van der Waals surface area contributed by atoms with E-state index in [1.54, 1.807) is 0 Å². The Morgan fingerprint density at radius 3 is 2.09 bits per heavy atom. The Balaban J connectivity index is 1.50. The van der Waals surface area contributed by atoms with Crippen LogP contribution < -0.4 is 0 Å². The number of ether oxygens (including phenoxy) is 5. The molecule has 0 aliphatic carbocycles. The molecule has 1 unspecified atom stereocenters. The monoisotopic (exact) mass is 338 g/mol. The van der Waals surface area contributed by atoms with Crippen LogP contribution in [0.4, 0.5) is 0 Å². The summed E-state index contributed by atoms with van der Waals surface area (Å²) in [7, 11) is 0. The SMILES string of the molecule is O[C@@H]1[C@@H](O)[C@H](O[C@@H]2CO[C@@H](OCC3CO3)[C@H](O)[C@H]2O)OC[C@H]1O. The third kappa shape index (κ3) is 3.99. The summed E-state index contributed by atoms with van der Waals surface area (Å²) in [5, 5.41) is 48.9. The van der Waals surface area contributed by atoms with Crippen molar-refractivity contribution < 1.29 is 49.2 Å². The molecule has 0 radical (unpaired) electrons. The minimum absolute atomic E-state index is 0.00406. The van der Waals surface area contributed by atoms with E-state index in [0.717, 1.165) is 0 Å². The minimum Gasteiger partial charge on any atom is -0.388 e. The molecule has 0 aromatic carbocycles. The molecule has 3 fully saturated rings. The molecular formula is C13H22O10. The first-order valence-corrected chi connectivity index (χ1v) is 7.49. The third-order valence-electron chi connectivity index (χ3n) is 4.05. The van der Waals surface area contributed by atoms with E-state index in [9.17, 15) is 25.5 Å². The van der Waals surface area contributed by atoms with Crippen molar-refractivity contribution in [2.45, 2.75) is 55.3 Å². The lowest BCUT2D eigenvalue weighted by molar-refractivity contribution is -0.328. The molecule has 3 rings (SSSR count). The van der Waals surface area contributed by atoms with E-state index in [-0.39, 0.29) is 25.9 Å². The van der Waals surface area contributed by atoms with E-state index < -0.39 is 49.2 Å². The summed E-state index contributed by atoms with van der Waals surface area (Å²) in [5.41, 5.74) is 0. The fourth-order valence-electron chi connectivity index (χ4n) is 2.47. The second kappa shape index (κ2) is 7.23. The zero-order valence-corrected chi connectivity index (χ0v) is 12.3. The second-order valence-corrected chi connectivity index (χ2v) is 5.90. The maximum atomic E-state index is 10.1. The van der Waals surface area contributed by atoms with Crippen molar-refractivity contribution in [3.8, 4) is 0 Å². The molecule has 0 aromatic heterocycles. The molecule has 3 heterocycles. The van der Waals surface area contributed by atoms with Gasteiger partial charge in [-0.3, -0.25) is 0 Å². The summed E-state index contributed by atoms with van der Waals surface area (Å²) in [4.78, 5) is 0. The fraction of sp³-hybridized carbons (Fsp3) is 1.00. The van der Waals surface area contributed by atoms with E-state index in [4.69, 9.17) is 23.7 Å². The zero-order chi connectivity index (χ0) is 16.6. The molecule has 3 saturated heterocycles. The molecule has 5 N–H and O–H groups in total. The molecule has 134 valence electrons. The molecule has 3 aliphatic heterocycles. The summed E-state index contributed by atoms with van der Waals surface area (Å²) in [6, 6.07) is 0. The van der Waals surface area contributed by atoms with Crippen molar-refractivity contribution in [3.63, 3.8) is 0 Å². The maximum absolute atomic E-state index is 10.1. The van der Waals surface area contributed by atoms with Gasteiger partial charge in [0.1, 0.15) is 42.7 Å². The predicted octanol–water partition coefficient (Wildman–Crippen LogP) is -3.70. The average Bonchev–Trinajstić information content (AvgIpc) is 3.35. The highest BCUT2D eigenvalue weighted by atomic mass is 16.7. The van der Waals surface area contributed by atoms with Crippen molar-refractivity contribution in [2.75, 3.05) is 26.4 Å². The first kappa shape index (κ1) is 17.4.